The van der Waals surface area contributed by atoms with E-state index < -0.39 is 0 Å². The van der Waals surface area contributed by atoms with Crippen molar-refractivity contribution in [2.75, 3.05) is 0 Å². The third-order valence-corrected chi connectivity index (χ3v) is 3.39. The SMILES string of the molecule is CCc1[c-]c(CC)ccc1.CCc1[c-]ccc(CC)c1.[CH3-].[CH3-].[Y].[Y].[Y].[Y].[Y].[Y].[Y].[Y]. The first-order valence-corrected chi connectivity index (χ1v) is 7.72. The molecule has 0 saturated heterocycles. The van der Waals surface area contributed by atoms with Gasteiger partial charge in [-0.1, -0.05) is 53.4 Å². The van der Waals surface area contributed by atoms with Gasteiger partial charge >= 0.3 is 0 Å². The molecule has 0 aliphatic rings. The number of hydrogen-bond acceptors (Lipinski definition) is 0. The fourth-order valence-corrected chi connectivity index (χ4v) is 1.98. The average molecular weight is 1010 g/mol. The quantitative estimate of drug-likeness (QED) is 0.325. The standard InChI is InChI=1S/2C10H13.2CH3.8Y/c2*1-3-9-6-5-7-10(4-2)8-9;;;;;;;;;;/h5-6,8H,3-4H2,1-2H3;5-7H,3-4H2,1-2H3;2*1H3;;;;;;;;/q4*-1;;;;;;;;. The van der Waals surface area contributed by atoms with Crippen molar-refractivity contribution in [3.63, 3.8) is 0 Å². The maximum absolute atomic E-state index is 3.34. The predicted molar refractivity (Wildman–Crippen MR) is 101 cm³/mol. The van der Waals surface area contributed by atoms with Crippen molar-refractivity contribution in [2.45, 2.75) is 53.4 Å². The Morgan fingerprint density at radius 1 is 0.567 bits per heavy atom. The minimum absolute atomic E-state index is 0. The zero-order chi connectivity index (χ0) is 14.8. The molecule has 0 aliphatic carbocycles. The van der Waals surface area contributed by atoms with E-state index in [0.29, 0.717) is 0 Å². The molecule has 0 heterocycles. The van der Waals surface area contributed by atoms with Gasteiger partial charge in [0.1, 0.15) is 0 Å². The van der Waals surface area contributed by atoms with E-state index in [9.17, 15) is 0 Å². The van der Waals surface area contributed by atoms with Crippen molar-refractivity contribution in [3.8, 4) is 0 Å². The zero-order valence-corrected chi connectivity index (χ0v) is 42.6. The van der Waals surface area contributed by atoms with Crippen molar-refractivity contribution in [1.29, 1.82) is 0 Å². The Balaban J connectivity index is -0.0000000250. The van der Waals surface area contributed by atoms with Crippen LogP contribution in [0.5, 0.6) is 0 Å². The number of benzene rings is 2. The Labute approximate surface area is 390 Å². The van der Waals surface area contributed by atoms with Crippen molar-refractivity contribution in [2.24, 2.45) is 0 Å². The second-order valence-electron chi connectivity index (χ2n) is 4.84. The van der Waals surface area contributed by atoms with Crippen LogP contribution >= 0.6 is 0 Å². The monoisotopic (exact) mass is 1010 g/mol. The first-order chi connectivity index (χ1) is 9.73. The molecule has 0 N–H and O–H groups in total. The summed E-state index contributed by atoms with van der Waals surface area (Å²) in [6.45, 7) is 8.65. The first kappa shape index (κ1) is 65.9. The van der Waals surface area contributed by atoms with Crippen LogP contribution in [0.1, 0.15) is 49.9 Å². The largest absolute Gasteiger partial charge is 0.358 e. The van der Waals surface area contributed by atoms with Gasteiger partial charge < -0.3 is 14.9 Å². The molecule has 2 rings (SSSR count). The smallest absolute Gasteiger partial charge is 0 e. The Bertz CT molecular complexity index is 436. The third-order valence-electron chi connectivity index (χ3n) is 3.39. The summed E-state index contributed by atoms with van der Waals surface area (Å²) in [6.07, 6.45) is 4.40. The Morgan fingerprint density at radius 3 is 1.30 bits per heavy atom. The van der Waals surface area contributed by atoms with Crippen LogP contribution in [0.4, 0.5) is 0 Å². The van der Waals surface area contributed by atoms with Crippen LogP contribution in [0, 0.1) is 27.0 Å². The van der Waals surface area contributed by atoms with Crippen molar-refractivity contribution in [1.82, 2.24) is 0 Å². The summed E-state index contributed by atoms with van der Waals surface area (Å²) in [5.74, 6) is 0. The third kappa shape index (κ3) is 33.3. The molecule has 0 aromatic heterocycles. The first-order valence-electron chi connectivity index (χ1n) is 7.72. The van der Waals surface area contributed by atoms with Gasteiger partial charge in [0.25, 0.3) is 0 Å². The summed E-state index contributed by atoms with van der Waals surface area (Å²) >= 11 is 0. The van der Waals surface area contributed by atoms with Crippen LogP contribution < -0.4 is 0 Å². The summed E-state index contributed by atoms with van der Waals surface area (Å²) in [6, 6.07) is 19.2. The summed E-state index contributed by atoms with van der Waals surface area (Å²) in [5.41, 5.74) is 5.37. The fraction of sp³-hybridized carbons (Fsp3) is 0.364. The minimum atomic E-state index is 0. The molecule has 148 valence electrons. The van der Waals surface area contributed by atoms with Gasteiger partial charge in [-0.2, -0.15) is 70.8 Å². The average Bonchev–Trinajstić information content (AvgIpc) is 2.55. The van der Waals surface area contributed by atoms with E-state index in [1.165, 1.54) is 22.3 Å². The van der Waals surface area contributed by atoms with Gasteiger partial charge in [-0.05, 0) is 0 Å². The summed E-state index contributed by atoms with van der Waals surface area (Å²) in [5, 5.41) is 0. The van der Waals surface area contributed by atoms with Crippen LogP contribution in [0.2, 0.25) is 0 Å². The molecule has 0 fully saturated rings. The van der Waals surface area contributed by atoms with Gasteiger partial charge in [0.2, 0.25) is 0 Å². The van der Waals surface area contributed by atoms with Crippen LogP contribution in [-0.2, 0) is 287 Å². The number of rotatable bonds is 4. The molecule has 8 radical (unpaired) electrons. The van der Waals surface area contributed by atoms with Gasteiger partial charge in [-0.15, -0.1) is 0 Å². The fourth-order valence-electron chi connectivity index (χ4n) is 1.98. The normalized spacial score (nSPS) is 6.53. The molecule has 0 saturated carbocycles. The van der Waals surface area contributed by atoms with E-state index in [2.05, 4.69) is 70.2 Å². The number of hydrogen-bond donors (Lipinski definition) is 0. The van der Waals surface area contributed by atoms with Gasteiger partial charge in [0, 0.05) is 262 Å². The molecule has 0 amide bonds. The van der Waals surface area contributed by atoms with Crippen LogP contribution in [-0.4, -0.2) is 0 Å². The molecule has 0 atom stereocenters. The van der Waals surface area contributed by atoms with Crippen LogP contribution in [0.3, 0.4) is 0 Å². The van der Waals surface area contributed by atoms with E-state index >= 15 is 0 Å². The molecule has 0 aliphatic heterocycles. The van der Waals surface area contributed by atoms with Crippen LogP contribution in [0.15, 0.2) is 36.4 Å². The van der Waals surface area contributed by atoms with Gasteiger partial charge in [-0.25, -0.2) is 0 Å². The van der Waals surface area contributed by atoms with Crippen LogP contribution in [0.25, 0.3) is 0 Å². The minimum Gasteiger partial charge on any atom is -0.358 e. The molecule has 0 bridgehead atoms. The topological polar surface area (TPSA) is 0 Å². The summed E-state index contributed by atoms with van der Waals surface area (Å²) in [4.78, 5) is 0. The van der Waals surface area contributed by atoms with E-state index in [4.69, 9.17) is 0 Å². The van der Waals surface area contributed by atoms with E-state index in [1.54, 1.807) is 0 Å². The zero-order valence-electron chi connectivity index (χ0n) is 19.9. The molecule has 2 aromatic carbocycles. The second kappa shape index (κ2) is 46.1. The Morgan fingerprint density at radius 2 is 0.967 bits per heavy atom. The van der Waals surface area contributed by atoms with Crippen molar-refractivity contribution < 1.29 is 262 Å². The predicted octanol–water partition coefficient (Wildman–Crippen LogP) is 6.10. The molecule has 8 heteroatoms. The van der Waals surface area contributed by atoms with E-state index in [0.717, 1.165) is 25.7 Å². The molecule has 0 nitrogen and oxygen atoms in total. The Hall–Kier alpha value is 7.27. The molecule has 0 spiro atoms. The van der Waals surface area contributed by atoms with Gasteiger partial charge in [-0.3, -0.25) is 0 Å². The molecule has 2 aromatic rings. The Kier molecular flexibility index (Phi) is 101. The summed E-state index contributed by atoms with van der Waals surface area (Å²) in [7, 11) is 0. The second-order valence-corrected chi connectivity index (χ2v) is 4.84. The van der Waals surface area contributed by atoms with E-state index in [1.807, 2.05) is 6.07 Å². The maximum Gasteiger partial charge on any atom is 0 e. The van der Waals surface area contributed by atoms with E-state index in [-0.39, 0.29) is 277 Å². The molecular weight excluding hydrogens is 975 g/mol. The molecular formula is C22H32Y8-4. The van der Waals surface area contributed by atoms with Gasteiger partial charge in [0.15, 0.2) is 0 Å². The van der Waals surface area contributed by atoms with Crippen molar-refractivity contribution in [3.05, 3.63) is 85.6 Å². The summed E-state index contributed by atoms with van der Waals surface area (Å²) < 4.78 is 0. The van der Waals surface area contributed by atoms with Crippen molar-refractivity contribution >= 4 is 0 Å². The molecule has 0 unspecified atom stereocenters. The maximum atomic E-state index is 3.34. The number of aryl methyl sites for hydroxylation is 4. The van der Waals surface area contributed by atoms with Gasteiger partial charge in [0.05, 0.1) is 0 Å². The molecule has 30 heavy (non-hydrogen) atoms.